The first-order valence-electron chi connectivity index (χ1n) is 9.04. The van der Waals surface area contributed by atoms with Gasteiger partial charge in [0.15, 0.2) is 11.0 Å². The number of hydrogen-bond acceptors (Lipinski definition) is 5. The Labute approximate surface area is 169 Å². The first-order valence-corrected chi connectivity index (χ1v) is 9.92. The minimum atomic E-state index is -0.342. The number of nitrogens with one attached hydrogen (secondary N) is 1. The summed E-state index contributed by atoms with van der Waals surface area (Å²) in [5, 5.41) is 11.9. The fraction of sp³-hybridized carbons (Fsp3) is 0.286. The van der Waals surface area contributed by atoms with Crippen molar-refractivity contribution < 1.29 is 9.21 Å². The Morgan fingerprint density at radius 1 is 1.32 bits per heavy atom. The summed E-state index contributed by atoms with van der Waals surface area (Å²) in [4.78, 5) is 12.7. The summed E-state index contributed by atoms with van der Waals surface area (Å²) in [6.45, 7) is 12.1. The van der Waals surface area contributed by atoms with E-state index in [0.717, 1.165) is 28.1 Å². The van der Waals surface area contributed by atoms with Crippen LogP contribution in [0.4, 0.5) is 5.69 Å². The zero-order valence-electron chi connectivity index (χ0n) is 16.5. The molecular weight excluding hydrogens is 372 g/mol. The lowest BCUT2D eigenvalue weighted by molar-refractivity contribution is -0.115. The van der Waals surface area contributed by atoms with Crippen LogP contribution in [0.5, 0.6) is 0 Å². The van der Waals surface area contributed by atoms with Gasteiger partial charge in [0.1, 0.15) is 5.76 Å². The van der Waals surface area contributed by atoms with Gasteiger partial charge < -0.3 is 9.73 Å². The van der Waals surface area contributed by atoms with Crippen molar-refractivity contribution in [3.63, 3.8) is 0 Å². The van der Waals surface area contributed by atoms with E-state index >= 15 is 0 Å². The number of furan rings is 1. The van der Waals surface area contributed by atoms with E-state index in [1.807, 2.05) is 56.5 Å². The van der Waals surface area contributed by atoms with Crippen molar-refractivity contribution in [2.24, 2.45) is 0 Å². The van der Waals surface area contributed by atoms with Gasteiger partial charge in [-0.1, -0.05) is 30.0 Å². The number of anilines is 1. The molecule has 0 bridgehead atoms. The monoisotopic (exact) mass is 396 g/mol. The van der Waals surface area contributed by atoms with Crippen molar-refractivity contribution in [2.45, 2.75) is 44.6 Å². The molecule has 0 spiro atoms. The molecule has 0 aliphatic heterocycles. The number of aryl methyl sites for hydroxylation is 3. The Hall–Kier alpha value is -2.80. The van der Waals surface area contributed by atoms with Crippen LogP contribution in [0.15, 0.2) is 52.8 Å². The minimum absolute atomic E-state index is 0.0760. The lowest BCUT2D eigenvalue weighted by Crippen LogP contribution is -2.23. The van der Waals surface area contributed by atoms with Gasteiger partial charge >= 0.3 is 0 Å². The summed E-state index contributed by atoms with van der Waals surface area (Å²) in [6, 6.07) is 7.87. The average molecular weight is 397 g/mol. The molecule has 0 fully saturated rings. The zero-order chi connectivity index (χ0) is 20.3. The largest absolute Gasteiger partial charge is 0.469 e. The lowest BCUT2D eigenvalue weighted by atomic mass is 10.1. The summed E-state index contributed by atoms with van der Waals surface area (Å²) in [5.41, 5.74) is 3.85. The molecule has 0 aliphatic carbocycles. The summed E-state index contributed by atoms with van der Waals surface area (Å²) < 4.78 is 7.33. The molecule has 0 radical (unpaired) electrons. The zero-order valence-corrected chi connectivity index (χ0v) is 17.3. The summed E-state index contributed by atoms with van der Waals surface area (Å²) in [6.07, 6.45) is 3.41. The average Bonchev–Trinajstić information content (AvgIpc) is 3.24. The number of thioether (sulfide) groups is 1. The first kappa shape index (κ1) is 19.9. The van der Waals surface area contributed by atoms with Gasteiger partial charge in [-0.25, -0.2) is 0 Å². The second-order valence-corrected chi connectivity index (χ2v) is 7.97. The van der Waals surface area contributed by atoms with Crippen LogP contribution in [0.1, 0.15) is 23.8 Å². The normalized spacial score (nSPS) is 12.0. The van der Waals surface area contributed by atoms with Crippen molar-refractivity contribution in [2.75, 3.05) is 5.32 Å². The molecule has 2 aromatic heterocycles. The predicted octanol–water partition coefficient (Wildman–Crippen LogP) is 4.77. The van der Waals surface area contributed by atoms with Gasteiger partial charge in [0, 0.05) is 12.2 Å². The number of hydrogen-bond donors (Lipinski definition) is 1. The maximum Gasteiger partial charge on any atom is 0.237 e. The molecule has 1 N–H and O–H groups in total. The molecule has 0 aliphatic rings. The highest BCUT2D eigenvalue weighted by Gasteiger charge is 2.22. The number of nitrogens with zero attached hydrogens (tertiary/aromatic N) is 3. The topological polar surface area (TPSA) is 73.0 Å². The second-order valence-electron chi connectivity index (χ2n) is 6.66. The molecule has 2 heterocycles. The van der Waals surface area contributed by atoms with Crippen LogP contribution < -0.4 is 5.32 Å². The van der Waals surface area contributed by atoms with E-state index in [0.29, 0.717) is 17.5 Å². The van der Waals surface area contributed by atoms with E-state index in [-0.39, 0.29) is 11.2 Å². The van der Waals surface area contributed by atoms with E-state index in [1.165, 1.54) is 11.8 Å². The molecule has 7 heteroatoms. The summed E-state index contributed by atoms with van der Waals surface area (Å²) in [5.74, 6) is 1.40. The van der Waals surface area contributed by atoms with Crippen LogP contribution >= 0.6 is 11.8 Å². The first-order chi connectivity index (χ1) is 13.4. The molecule has 0 saturated heterocycles. The van der Waals surface area contributed by atoms with Gasteiger partial charge in [-0.2, -0.15) is 0 Å². The summed E-state index contributed by atoms with van der Waals surface area (Å²) in [7, 11) is 0. The van der Waals surface area contributed by atoms with Crippen LogP contribution in [0.3, 0.4) is 0 Å². The molecule has 146 valence electrons. The molecule has 28 heavy (non-hydrogen) atoms. The highest BCUT2D eigenvalue weighted by molar-refractivity contribution is 8.00. The van der Waals surface area contributed by atoms with Crippen molar-refractivity contribution in [3.8, 4) is 11.4 Å². The molecule has 1 amide bonds. The van der Waals surface area contributed by atoms with Gasteiger partial charge in [0.05, 0.1) is 17.1 Å². The van der Waals surface area contributed by atoms with E-state index in [9.17, 15) is 4.79 Å². The SMILES string of the molecule is C=CCn1c(SC(C)C(=O)Nc2cc(C)ccc2C)nnc1-c1ccoc1C. The Kier molecular flexibility index (Phi) is 6.04. The van der Waals surface area contributed by atoms with E-state index in [4.69, 9.17) is 4.42 Å². The predicted molar refractivity (Wildman–Crippen MR) is 113 cm³/mol. The number of carbonyl (C=O) groups is 1. The molecule has 1 aromatic carbocycles. The Balaban J connectivity index is 1.80. The molecule has 1 atom stereocenters. The van der Waals surface area contributed by atoms with Gasteiger partial charge in [-0.3, -0.25) is 9.36 Å². The molecule has 3 rings (SSSR count). The third kappa shape index (κ3) is 4.20. The van der Waals surface area contributed by atoms with Crippen molar-refractivity contribution in [3.05, 3.63) is 60.1 Å². The van der Waals surface area contributed by atoms with E-state index in [2.05, 4.69) is 22.1 Å². The number of aromatic nitrogens is 3. The smallest absolute Gasteiger partial charge is 0.237 e. The molecule has 1 unspecified atom stereocenters. The quantitative estimate of drug-likeness (QED) is 0.460. The molecular formula is C21H24N4O2S. The fourth-order valence-corrected chi connectivity index (χ4v) is 3.66. The van der Waals surface area contributed by atoms with Crippen molar-refractivity contribution in [1.29, 1.82) is 0 Å². The van der Waals surface area contributed by atoms with Crippen molar-refractivity contribution >= 4 is 23.4 Å². The van der Waals surface area contributed by atoms with Gasteiger partial charge in [0.2, 0.25) is 5.91 Å². The van der Waals surface area contributed by atoms with Gasteiger partial charge in [-0.05, 0) is 51.0 Å². The number of allylic oxidation sites excluding steroid dienone is 1. The number of carbonyl (C=O) groups excluding carboxylic acids is 1. The van der Waals surface area contributed by atoms with E-state index in [1.54, 1.807) is 12.3 Å². The number of amides is 1. The van der Waals surface area contributed by atoms with Crippen LogP contribution in [-0.4, -0.2) is 25.9 Å². The standard InChI is InChI=1S/C21H24N4O2S/c1-6-10-25-19(17-9-11-27-15(17)4)23-24-21(25)28-16(5)20(26)22-18-12-13(2)7-8-14(18)3/h6-9,11-12,16H,1,10H2,2-5H3,(H,22,26). The third-order valence-corrected chi connectivity index (χ3v) is 5.51. The van der Waals surface area contributed by atoms with Crippen LogP contribution in [0.25, 0.3) is 11.4 Å². The highest BCUT2D eigenvalue weighted by Crippen LogP contribution is 2.29. The van der Waals surface area contributed by atoms with Crippen molar-refractivity contribution in [1.82, 2.24) is 14.8 Å². The lowest BCUT2D eigenvalue weighted by Gasteiger charge is -2.14. The van der Waals surface area contributed by atoms with Crippen LogP contribution in [0.2, 0.25) is 0 Å². The van der Waals surface area contributed by atoms with Crippen LogP contribution in [0, 0.1) is 20.8 Å². The highest BCUT2D eigenvalue weighted by atomic mass is 32.2. The minimum Gasteiger partial charge on any atom is -0.469 e. The Morgan fingerprint density at radius 2 is 2.11 bits per heavy atom. The van der Waals surface area contributed by atoms with Gasteiger partial charge in [-0.15, -0.1) is 16.8 Å². The third-order valence-electron chi connectivity index (χ3n) is 4.43. The maximum absolute atomic E-state index is 12.7. The molecule has 0 saturated carbocycles. The molecule has 6 nitrogen and oxygen atoms in total. The molecule has 3 aromatic rings. The Morgan fingerprint density at radius 3 is 2.79 bits per heavy atom. The Bertz CT molecular complexity index is 1010. The number of benzene rings is 1. The van der Waals surface area contributed by atoms with E-state index < -0.39 is 0 Å². The maximum atomic E-state index is 12.7. The van der Waals surface area contributed by atoms with Crippen LogP contribution in [-0.2, 0) is 11.3 Å². The summed E-state index contributed by atoms with van der Waals surface area (Å²) >= 11 is 1.37. The fourth-order valence-electron chi connectivity index (χ4n) is 2.80. The second kappa shape index (κ2) is 8.48. The number of rotatable bonds is 7. The van der Waals surface area contributed by atoms with Gasteiger partial charge in [0.25, 0.3) is 0 Å².